The quantitative estimate of drug-likeness (QED) is 0.899. The summed E-state index contributed by atoms with van der Waals surface area (Å²) < 4.78 is 5.50. The highest BCUT2D eigenvalue weighted by Crippen LogP contribution is 2.22. The molecule has 1 amide bonds. The molecule has 110 valence electrons. The molecule has 1 heterocycles. The monoisotopic (exact) mass is 297 g/mol. The van der Waals surface area contributed by atoms with Crippen LogP contribution in [0.4, 0.5) is 0 Å². The molecule has 0 spiro atoms. The molecule has 0 bridgehead atoms. The van der Waals surface area contributed by atoms with E-state index in [1.165, 1.54) is 0 Å². The fraction of sp³-hybridized carbons (Fsp3) is 0.500. The molecule has 0 aromatic heterocycles. The SMILES string of the molecule is CN1CCN(C(=O)COc2ccc(CN)c(Cl)c2)CC1. The average molecular weight is 298 g/mol. The number of nitrogens with two attached hydrogens (primary N) is 1. The van der Waals surface area contributed by atoms with Crippen LogP contribution in [0.3, 0.4) is 0 Å². The van der Waals surface area contributed by atoms with Gasteiger partial charge < -0.3 is 20.3 Å². The summed E-state index contributed by atoms with van der Waals surface area (Å²) in [7, 11) is 2.05. The van der Waals surface area contributed by atoms with Crippen molar-refractivity contribution in [3.63, 3.8) is 0 Å². The summed E-state index contributed by atoms with van der Waals surface area (Å²) in [6, 6.07) is 5.30. The lowest BCUT2D eigenvalue weighted by atomic mass is 10.2. The van der Waals surface area contributed by atoms with Gasteiger partial charge in [0.05, 0.1) is 0 Å². The summed E-state index contributed by atoms with van der Waals surface area (Å²) in [6.45, 7) is 3.75. The number of amides is 1. The van der Waals surface area contributed by atoms with Crippen LogP contribution >= 0.6 is 11.6 Å². The zero-order valence-corrected chi connectivity index (χ0v) is 12.4. The Hall–Kier alpha value is -1.30. The molecule has 1 aromatic carbocycles. The summed E-state index contributed by atoms with van der Waals surface area (Å²) >= 11 is 6.05. The van der Waals surface area contributed by atoms with E-state index in [0.717, 1.165) is 31.7 Å². The number of rotatable bonds is 4. The summed E-state index contributed by atoms with van der Waals surface area (Å²) in [5.74, 6) is 0.604. The molecule has 1 aliphatic heterocycles. The lowest BCUT2D eigenvalue weighted by Gasteiger charge is -2.32. The Morgan fingerprint density at radius 2 is 2.05 bits per heavy atom. The average Bonchev–Trinajstić information content (AvgIpc) is 2.45. The molecule has 1 fully saturated rings. The van der Waals surface area contributed by atoms with E-state index in [-0.39, 0.29) is 12.5 Å². The van der Waals surface area contributed by atoms with Gasteiger partial charge in [-0.25, -0.2) is 0 Å². The standard InChI is InChI=1S/C14H20ClN3O2/c1-17-4-6-18(7-5-17)14(19)10-20-12-3-2-11(9-16)13(15)8-12/h2-3,8H,4-7,9-10,16H2,1H3. The fourth-order valence-electron chi connectivity index (χ4n) is 2.08. The molecule has 0 aliphatic carbocycles. The maximum atomic E-state index is 12.0. The smallest absolute Gasteiger partial charge is 0.260 e. The number of halogens is 1. The first-order chi connectivity index (χ1) is 9.60. The first-order valence-corrected chi connectivity index (χ1v) is 7.05. The van der Waals surface area contributed by atoms with Crippen molar-refractivity contribution in [2.24, 2.45) is 5.73 Å². The summed E-state index contributed by atoms with van der Waals surface area (Å²) in [6.07, 6.45) is 0. The minimum absolute atomic E-state index is 0.0112. The van der Waals surface area contributed by atoms with Gasteiger partial charge in [-0.05, 0) is 24.7 Å². The molecular formula is C14H20ClN3O2. The second kappa shape index (κ2) is 6.92. The molecule has 2 N–H and O–H groups in total. The normalized spacial score (nSPS) is 16.2. The Morgan fingerprint density at radius 3 is 2.65 bits per heavy atom. The second-order valence-electron chi connectivity index (χ2n) is 4.93. The van der Waals surface area contributed by atoms with Crippen LogP contribution in [0, 0.1) is 0 Å². The topological polar surface area (TPSA) is 58.8 Å². The van der Waals surface area contributed by atoms with Crippen molar-refractivity contribution in [2.45, 2.75) is 6.54 Å². The third-order valence-electron chi connectivity index (χ3n) is 3.46. The Morgan fingerprint density at radius 1 is 1.35 bits per heavy atom. The van der Waals surface area contributed by atoms with Crippen molar-refractivity contribution >= 4 is 17.5 Å². The molecule has 20 heavy (non-hydrogen) atoms. The lowest BCUT2D eigenvalue weighted by Crippen LogP contribution is -2.48. The van der Waals surface area contributed by atoms with Gasteiger partial charge in [0.25, 0.3) is 5.91 Å². The minimum atomic E-state index is 0.0112. The summed E-state index contributed by atoms with van der Waals surface area (Å²) in [5.41, 5.74) is 6.41. The molecule has 0 unspecified atom stereocenters. The van der Waals surface area contributed by atoms with Crippen LogP contribution in [-0.4, -0.2) is 55.5 Å². The van der Waals surface area contributed by atoms with E-state index in [1.54, 1.807) is 12.1 Å². The van der Waals surface area contributed by atoms with Gasteiger partial charge in [-0.2, -0.15) is 0 Å². The van der Waals surface area contributed by atoms with E-state index in [0.29, 0.717) is 17.3 Å². The van der Waals surface area contributed by atoms with E-state index in [2.05, 4.69) is 11.9 Å². The first kappa shape index (κ1) is 15.1. The van der Waals surface area contributed by atoms with Crippen molar-refractivity contribution in [3.05, 3.63) is 28.8 Å². The van der Waals surface area contributed by atoms with Gasteiger partial charge in [0.2, 0.25) is 0 Å². The number of hydrogen-bond donors (Lipinski definition) is 1. The summed E-state index contributed by atoms with van der Waals surface area (Å²) in [5, 5.41) is 0.567. The highest BCUT2D eigenvalue weighted by atomic mass is 35.5. The Balaban J connectivity index is 1.85. The number of benzene rings is 1. The summed E-state index contributed by atoms with van der Waals surface area (Å²) in [4.78, 5) is 16.0. The maximum absolute atomic E-state index is 12.0. The molecule has 0 atom stereocenters. The van der Waals surface area contributed by atoms with Gasteiger partial charge >= 0.3 is 0 Å². The van der Waals surface area contributed by atoms with Crippen LogP contribution in [0.5, 0.6) is 5.75 Å². The van der Waals surface area contributed by atoms with Gasteiger partial charge in [-0.1, -0.05) is 17.7 Å². The molecule has 5 nitrogen and oxygen atoms in total. The van der Waals surface area contributed by atoms with Gasteiger partial charge in [0.15, 0.2) is 6.61 Å². The highest BCUT2D eigenvalue weighted by molar-refractivity contribution is 6.31. The van der Waals surface area contributed by atoms with E-state index >= 15 is 0 Å². The third-order valence-corrected chi connectivity index (χ3v) is 3.81. The van der Waals surface area contributed by atoms with Crippen molar-refractivity contribution in [2.75, 3.05) is 39.8 Å². The number of nitrogens with zero attached hydrogens (tertiary/aromatic N) is 2. The van der Waals surface area contributed by atoms with Crippen LogP contribution in [-0.2, 0) is 11.3 Å². The fourth-order valence-corrected chi connectivity index (χ4v) is 2.32. The van der Waals surface area contributed by atoms with Crippen molar-refractivity contribution in [1.82, 2.24) is 9.80 Å². The van der Waals surface area contributed by atoms with Crippen LogP contribution in [0.15, 0.2) is 18.2 Å². The van der Waals surface area contributed by atoms with Crippen LogP contribution in [0.2, 0.25) is 5.02 Å². The molecule has 1 aliphatic rings. The molecule has 2 rings (SSSR count). The zero-order valence-electron chi connectivity index (χ0n) is 11.6. The second-order valence-corrected chi connectivity index (χ2v) is 5.34. The molecular weight excluding hydrogens is 278 g/mol. The number of piperazine rings is 1. The highest BCUT2D eigenvalue weighted by Gasteiger charge is 2.19. The van der Waals surface area contributed by atoms with Crippen molar-refractivity contribution < 1.29 is 9.53 Å². The van der Waals surface area contributed by atoms with Crippen LogP contribution < -0.4 is 10.5 Å². The Labute approximate surface area is 124 Å². The predicted molar refractivity (Wildman–Crippen MR) is 78.9 cm³/mol. The molecule has 1 saturated heterocycles. The van der Waals surface area contributed by atoms with E-state index in [4.69, 9.17) is 22.1 Å². The predicted octanol–water partition coefficient (Wildman–Crippen LogP) is 0.951. The Kier molecular flexibility index (Phi) is 5.23. The van der Waals surface area contributed by atoms with E-state index in [9.17, 15) is 4.79 Å². The molecule has 0 saturated carbocycles. The number of likely N-dealkylation sites (N-methyl/N-ethyl adjacent to an activating group) is 1. The molecule has 1 aromatic rings. The molecule has 6 heteroatoms. The number of carbonyl (C=O) groups is 1. The van der Waals surface area contributed by atoms with Gasteiger partial charge in [-0.15, -0.1) is 0 Å². The minimum Gasteiger partial charge on any atom is -0.484 e. The first-order valence-electron chi connectivity index (χ1n) is 6.68. The van der Waals surface area contributed by atoms with Crippen LogP contribution in [0.1, 0.15) is 5.56 Å². The van der Waals surface area contributed by atoms with E-state index in [1.807, 2.05) is 11.0 Å². The molecule has 0 radical (unpaired) electrons. The third kappa shape index (κ3) is 3.85. The zero-order chi connectivity index (χ0) is 14.5. The van der Waals surface area contributed by atoms with E-state index < -0.39 is 0 Å². The lowest BCUT2D eigenvalue weighted by molar-refractivity contribution is -0.134. The number of ether oxygens (including phenoxy) is 1. The van der Waals surface area contributed by atoms with Gasteiger partial charge in [-0.3, -0.25) is 4.79 Å². The largest absolute Gasteiger partial charge is 0.484 e. The Bertz CT molecular complexity index is 473. The van der Waals surface area contributed by atoms with Gasteiger partial charge in [0, 0.05) is 37.7 Å². The maximum Gasteiger partial charge on any atom is 0.260 e. The number of hydrogen-bond acceptors (Lipinski definition) is 4. The van der Waals surface area contributed by atoms with Crippen molar-refractivity contribution in [3.8, 4) is 5.75 Å². The van der Waals surface area contributed by atoms with Crippen LogP contribution in [0.25, 0.3) is 0 Å². The van der Waals surface area contributed by atoms with Crippen molar-refractivity contribution in [1.29, 1.82) is 0 Å². The number of carbonyl (C=O) groups excluding carboxylic acids is 1. The van der Waals surface area contributed by atoms with Gasteiger partial charge in [0.1, 0.15) is 5.75 Å².